The van der Waals surface area contributed by atoms with Crippen molar-refractivity contribution < 1.29 is 0 Å². The topological polar surface area (TPSA) is 0 Å². The van der Waals surface area contributed by atoms with E-state index in [0.717, 1.165) is 17.8 Å². The molecule has 0 N–H and O–H groups in total. The van der Waals surface area contributed by atoms with Crippen molar-refractivity contribution in [1.82, 2.24) is 0 Å². The zero-order valence-corrected chi connectivity index (χ0v) is 11.1. The lowest BCUT2D eigenvalue weighted by atomic mass is 9.80. The van der Waals surface area contributed by atoms with E-state index in [4.69, 9.17) is 0 Å². The highest BCUT2D eigenvalue weighted by atomic mass is 14.5. The molecule has 3 atom stereocenters. The molecule has 0 spiro atoms. The number of rotatable bonds is 0. The van der Waals surface area contributed by atoms with Crippen LogP contribution in [0.1, 0.15) is 53.4 Å². The van der Waals surface area contributed by atoms with Crippen LogP contribution in [0.5, 0.6) is 0 Å². The molecule has 3 aliphatic rings. The molecule has 0 aromatic carbocycles. The third kappa shape index (κ3) is 1.35. The molecule has 88 valence electrons. The summed E-state index contributed by atoms with van der Waals surface area (Å²) in [4.78, 5) is 0. The lowest BCUT2D eigenvalue weighted by molar-refractivity contribution is 0.379. The first kappa shape index (κ1) is 10.6. The molecule has 0 nitrogen and oxygen atoms in total. The number of hydrogen-bond acceptors (Lipinski definition) is 0. The van der Waals surface area contributed by atoms with E-state index in [1.165, 1.54) is 25.7 Å². The van der Waals surface area contributed by atoms with E-state index in [1.807, 2.05) is 5.57 Å². The van der Waals surface area contributed by atoms with Gasteiger partial charge in [-0.2, -0.15) is 0 Å². The second-order valence-electron chi connectivity index (χ2n) is 7.07. The van der Waals surface area contributed by atoms with Gasteiger partial charge < -0.3 is 0 Å². The second-order valence-corrected chi connectivity index (χ2v) is 7.07. The molecule has 0 saturated heterocycles. The molecule has 0 aromatic rings. The van der Waals surface area contributed by atoms with E-state index in [0.29, 0.717) is 5.41 Å². The van der Waals surface area contributed by atoms with E-state index >= 15 is 0 Å². The third-order valence-electron chi connectivity index (χ3n) is 5.19. The summed E-state index contributed by atoms with van der Waals surface area (Å²) < 4.78 is 0. The van der Waals surface area contributed by atoms with Gasteiger partial charge in [-0.25, -0.2) is 0 Å². The van der Waals surface area contributed by atoms with Crippen molar-refractivity contribution in [3.8, 4) is 0 Å². The summed E-state index contributed by atoms with van der Waals surface area (Å²) in [5.74, 6) is 2.81. The Kier molecular flexibility index (Phi) is 2.15. The number of allylic oxidation sites excluding steroid dienone is 4. The lowest BCUT2D eigenvalue weighted by Gasteiger charge is -2.25. The van der Waals surface area contributed by atoms with E-state index < -0.39 is 0 Å². The Morgan fingerprint density at radius 3 is 2.62 bits per heavy atom. The maximum Gasteiger partial charge on any atom is -0.00911 e. The van der Waals surface area contributed by atoms with Crippen LogP contribution in [0.2, 0.25) is 0 Å². The highest BCUT2D eigenvalue weighted by Gasteiger charge is 2.44. The van der Waals surface area contributed by atoms with Gasteiger partial charge >= 0.3 is 0 Å². The van der Waals surface area contributed by atoms with Gasteiger partial charge in [-0.05, 0) is 48.0 Å². The molecule has 0 radical (unpaired) electrons. The predicted molar refractivity (Wildman–Crippen MR) is 69.2 cm³/mol. The molecule has 1 saturated carbocycles. The zero-order valence-electron chi connectivity index (χ0n) is 11.1. The van der Waals surface area contributed by atoms with Crippen molar-refractivity contribution in [2.45, 2.75) is 53.4 Å². The Morgan fingerprint density at radius 1 is 1.19 bits per heavy atom. The summed E-state index contributed by atoms with van der Waals surface area (Å²) in [5.41, 5.74) is 5.62. The normalized spacial score (nSPS) is 37.8. The molecule has 3 aliphatic carbocycles. The Balaban J connectivity index is 1.91. The molecule has 3 rings (SSSR count). The van der Waals surface area contributed by atoms with Crippen molar-refractivity contribution >= 4 is 0 Å². The Bertz CT molecular complexity index is 375. The third-order valence-corrected chi connectivity index (χ3v) is 5.19. The van der Waals surface area contributed by atoms with E-state index in [-0.39, 0.29) is 0 Å². The van der Waals surface area contributed by atoms with Crippen molar-refractivity contribution in [2.75, 3.05) is 0 Å². The van der Waals surface area contributed by atoms with Crippen LogP contribution < -0.4 is 0 Å². The molecule has 0 aliphatic heterocycles. The molecule has 16 heavy (non-hydrogen) atoms. The van der Waals surface area contributed by atoms with Crippen molar-refractivity contribution in [1.29, 1.82) is 0 Å². The van der Waals surface area contributed by atoms with Gasteiger partial charge in [-0.3, -0.25) is 0 Å². The van der Waals surface area contributed by atoms with Crippen LogP contribution in [0.15, 0.2) is 22.8 Å². The average Bonchev–Trinajstić information content (AvgIpc) is 2.83. The lowest BCUT2D eigenvalue weighted by Crippen LogP contribution is -2.14. The van der Waals surface area contributed by atoms with Gasteiger partial charge in [0.05, 0.1) is 0 Å². The van der Waals surface area contributed by atoms with E-state index in [9.17, 15) is 0 Å². The molecule has 0 heterocycles. The molecular formula is C16H24. The van der Waals surface area contributed by atoms with Crippen molar-refractivity contribution in [3.63, 3.8) is 0 Å². The number of fused-ring (bicyclic) bond motifs is 2. The monoisotopic (exact) mass is 216 g/mol. The fourth-order valence-electron chi connectivity index (χ4n) is 4.14. The molecule has 0 aromatic heterocycles. The van der Waals surface area contributed by atoms with Gasteiger partial charge in [0, 0.05) is 0 Å². The van der Waals surface area contributed by atoms with Gasteiger partial charge in [0.2, 0.25) is 0 Å². The van der Waals surface area contributed by atoms with Crippen LogP contribution >= 0.6 is 0 Å². The van der Waals surface area contributed by atoms with Crippen LogP contribution in [0.3, 0.4) is 0 Å². The second kappa shape index (κ2) is 3.24. The highest BCUT2D eigenvalue weighted by molar-refractivity contribution is 5.47. The van der Waals surface area contributed by atoms with Crippen LogP contribution in [-0.4, -0.2) is 0 Å². The largest absolute Gasteiger partial charge is 0.0605 e. The SMILES string of the molecule is CC1C2=C(CC(C(C)(C)C)=C2)C2CCCC12. The van der Waals surface area contributed by atoms with Crippen LogP contribution in [0, 0.1) is 23.2 Å². The fraction of sp³-hybridized carbons (Fsp3) is 0.750. The van der Waals surface area contributed by atoms with Gasteiger partial charge in [0.25, 0.3) is 0 Å². The fourth-order valence-corrected chi connectivity index (χ4v) is 4.14. The molecule has 0 bridgehead atoms. The summed E-state index contributed by atoms with van der Waals surface area (Å²) in [6.07, 6.45) is 8.28. The Labute approximate surface area is 99.8 Å². The summed E-state index contributed by atoms with van der Waals surface area (Å²) >= 11 is 0. The molecule has 0 heteroatoms. The average molecular weight is 216 g/mol. The first-order valence-corrected chi connectivity index (χ1v) is 6.92. The predicted octanol–water partition coefficient (Wildman–Crippen LogP) is 4.73. The smallest absolute Gasteiger partial charge is 0.00911 e. The maximum absolute atomic E-state index is 2.55. The summed E-state index contributed by atoms with van der Waals surface area (Å²) in [5, 5.41) is 0. The first-order chi connectivity index (χ1) is 7.48. The van der Waals surface area contributed by atoms with Gasteiger partial charge in [0.15, 0.2) is 0 Å². The minimum Gasteiger partial charge on any atom is -0.0605 e. The Morgan fingerprint density at radius 2 is 1.94 bits per heavy atom. The van der Waals surface area contributed by atoms with Gasteiger partial charge in [-0.15, -0.1) is 0 Å². The summed E-state index contributed by atoms with van der Waals surface area (Å²) in [6, 6.07) is 0. The van der Waals surface area contributed by atoms with Crippen LogP contribution in [0.4, 0.5) is 0 Å². The summed E-state index contributed by atoms with van der Waals surface area (Å²) in [6.45, 7) is 9.54. The van der Waals surface area contributed by atoms with Crippen molar-refractivity contribution in [3.05, 3.63) is 22.8 Å². The standard InChI is InChI=1S/C16H24/c1-10-12-6-5-7-13(12)15-9-11(8-14(10)15)16(2,3)4/h8,10,12-13H,5-7,9H2,1-4H3. The highest BCUT2D eigenvalue weighted by Crippen LogP contribution is 2.56. The minimum atomic E-state index is 0.373. The van der Waals surface area contributed by atoms with Crippen molar-refractivity contribution in [2.24, 2.45) is 23.2 Å². The van der Waals surface area contributed by atoms with Crippen LogP contribution in [-0.2, 0) is 0 Å². The maximum atomic E-state index is 2.55. The van der Waals surface area contributed by atoms with Gasteiger partial charge in [-0.1, -0.05) is 51.3 Å². The van der Waals surface area contributed by atoms with E-state index in [2.05, 4.69) is 33.8 Å². The molecule has 0 amide bonds. The van der Waals surface area contributed by atoms with Crippen LogP contribution in [0.25, 0.3) is 0 Å². The minimum absolute atomic E-state index is 0.373. The zero-order chi connectivity index (χ0) is 11.5. The quantitative estimate of drug-likeness (QED) is 0.549. The van der Waals surface area contributed by atoms with Gasteiger partial charge in [0.1, 0.15) is 0 Å². The van der Waals surface area contributed by atoms with E-state index in [1.54, 1.807) is 11.1 Å². The number of hydrogen-bond donors (Lipinski definition) is 0. The molecule has 3 unspecified atom stereocenters. The first-order valence-electron chi connectivity index (χ1n) is 6.92. The molecule has 1 fully saturated rings. The molecular weight excluding hydrogens is 192 g/mol. The summed E-state index contributed by atoms with van der Waals surface area (Å²) in [7, 11) is 0. The Hall–Kier alpha value is -0.520.